The van der Waals surface area contributed by atoms with Gasteiger partial charge in [-0.15, -0.1) is 0 Å². The van der Waals surface area contributed by atoms with Crippen LogP contribution in [0.15, 0.2) is 34.8 Å². The lowest BCUT2D eigenvalue weighted by Crippen LogP contribution is -2.24. The van der Waals surface area contributed by atoms with Crippen LogP contribution in [0, 0.1) is 23.3 Å². The van der Waals surface area contributed by atoms with Gasteiger partial charge in [-0.1, -0.05) is 22.9 Å². The fourth-order valence-electron chi connectivity index (χ4n) is 2.09. The summed E-state index contributed by atoms with van der Waals surface area (Å²) < 4.78 is 54.4. The molecule has 0 saturated heterocycles. The van der Waals surface area contributed by atoms with Crippen molar-refractivity contribution in [3.63, 3.8) is 0 Å². The van der Waals surface area contributed by atoms with Gasteiger partial charge in [-0.2, -0.15) is 0 Å². The topological polar surface area (TPSA) is 12.0 Å². The Hall–Kier alpha value is -1.40. The molecule has 0 spiro atoms. The normalized spacial score (nSPS) is 12.5. The highest BCUT2D eigenvalue weighted by Crippen LogP contribution is 2.31. The lowest BCUT2D eigenvalue weighted by atomic mass is 9.97. The van der Waals surface area contributed by atoms with E-state index in [2.05, 4.69) is 21.2 Å². The molecule has 0 aromatic heterocycles. The second-order valence-electron chi connectivity index (χ2n) is 4.44. The Balaban J connectivity index is 2.58. The van der Waals surface area contributed by atoms with Crippen molar-refractivity contribution in [2.75, 3.05) is 6.54 Å². The van der Waals surface area contributed by atoms with E-state index in [1.807, 2.05) is 0 Å². The van der Waals surface area contributed by atoms with Crippen LogP contribution in [0.3, 0.4) is 0 Å². The smallest absolute Gasteiger partial charge is 0.161 e. The van der Waals surface area contributed by atoms with Crippen LogP contribution < -0.4 is 5.32 Å². The Labute approximate surface area is 128 Å². The Morgan fingerprint density at radius 3 is 2.29 bits per heavy atom. The maximum atomic E-state index is 14.0. The van der Waals surface area contributed by atoms with E-state index in [4.69, 9.17) is 0 Å². The first kappa shape index (κ1) is 16.0. The Bertz CT molecular complexity index is 660. The van der Waals surface area contributed by atoms with E-state index in [9.17, 15) is 17.6 Å². The van der Waals surface area contributed by atoms with Gasteiger partial charge in [0.15, 0.2) is 11.6 Å². The zero-order valence-electron chi connectivity index (χ0n) is 11.1. The van der Waals surface area contributed by atoms with Crippen LogP contribution in [0.5, 0.6) is 0 Å². The Kier molecular flexibility index (Phi) is 5.00. The van der Waals surface area contributed by atoms with Crippen LogP contribution in [0.2, 0.25) is 0 Å². The molecule has 21 heavy (non-hydrogen) atoms. The van der Waals surface area contributed by atoms with Crippen LogP contribution in [0.4, 0.5) is 17.6 Å². The average molecular weight is 362 g/mol. The Morgan fingerprint density at radius 1 is 0.952 bits per heavy atom. The molecule has 2 aromatic carbocycles. The molecule has 1 nitrogen and oxygen atoms in total. The maximum absolute atomic E-state index is 14.0. The molecule has 1 N–H and O–H groups in total. The standard InChI is InChI=1S/C15H12BrF4N/c1-2-21-15(9-5-8(17)3-4-11(9)16)10-6-13(19)14(20)7-12(10)18/h3-7,15,21H,2H2,1H3. The van der Waals surface area contributed by atoms with Crippen LogP contribution in [-0.2, 0) is 0 Å². The van der Waals surface area contributed by atoms with Gasteiger partial charge in [0, 0.05) is 16.1 Å². The van der Waals surface area contributed by atoms with Crippen molar-refractivity contribution in [3.8, 4) is 0 Å². The molecular formula is C15H12BrF4N. The third-order valence-electron chi connectivity index (χ3n) is 3.03. The summed E-state index contributed by atoms with van der Waals surface area (Å²) in [5.41, 5.74) is 0.323. The molecule has 112 valence electrons. The molecule has 0 amide bonds. The van der Waals surface area contributed by atoms with Crippen molar-refractivity contribution >= 4 is 15.9 Å². The number of rotatable bonds is 4. The van der Waals surface area contributed by atoms with Gasteiger partial charge in [-0.05, 0) is 36.4 Å². The fraction of sp³-hybridized carbons (Fsp3) is 0.200. The number of benzene rings is 2. The predicted molar refractivity (Wildman–Crippen MR) is 75.9 cm³/mol. The van der Waals surface area contributed by atoms with Gasteiger partial charge in [0.1, 0.15) is 11.6 Å². The summed E-state index contributed by atoms with van der Waals surface area (Å²) in [6.45, 7) is 2.21. The van der Waals surface area contributed by atoms with Gasteiger partial charge in [-0.3, -0.25) is 0 Å². The van der Waals surface area contributed by atoms with Gasteiger partial charge in [-0.25, -0.2) is 17.6 Å². The minimum absolute atomic E-state index is 0.0814. The van der Waals surface area contributed by atoms with Crippen molar-refractivity contribution in [1.29, 1.82) is 0 Å². The molecule has 2 rings (SSSR count). The summed E-state index contributed by atoms with van der Waals surface area (Å²) in [5.74, 6) is -3.80. The summed E-state index contributed by atoms with van der Waals surface area (Å²) in [5, 5.41) is 2.94. The molecule has 0 radical (unpaired) electrons. The third kappa shape index (κ3) is 3.44. The summed E-state index contributed by atoms with van der Waals surface area (Å²) in [7, 11) is 0. The van der Waals surface area contributed by atoms with Gasteiger partial charge in [0.25, 0.3) is 0 Å². The number of nitrogens with one attached hydrogen (secondary N) is 1. The van der Waals surface area contributed by atoms with E-state index < -0.39 is 29.3 Å². The quantitative estimate of drug-likeness (QED) is 0.614. The van der Waals surface area contributed by atoms with Crippen molar-refractivity contribution in [3.05, 3.63) is 69.2 Å². The largest absolute Gasteiger partial charge is 0.306 e. The summed E-state index contributed by atoms with van der Waals surface area (Å²) >= 11 is 3.26. The molecule has 0 fully saturated rings. The van der Waals surface area contributed by atoms with Crippen LogP contribution >= 0.6 is 15.9 Å². The fourth-order valence-corrected chi connectivity index (χ4v) is 2.56. The molecular weight excluding hydrogens is 350 g/mol. The molecule has 1 unspecified atom stereocenters. The van der Waals surface area contributed by atoms with Crippen LogP contribution in [0.25, 0.3) is 0 Å². The molecule has 0 aliphatic rings. The first-order chi connectivity index (χ1) is 9.93. The van der Waals surface area contributed by atoms with Crippen molar-refractivity contribution in [2.24, 2.45) is 0 Å². The highest BCUT2D eigenvalue weighted by molar-refractivity contribution is 9.10. The summed E-state index contributed by atoms with van der Waals surface area (Å²) in [6.07, 6.45) is 0. The lowest BCUT2D eigenvalue weighted by Gasteiger charge is -2.21. The Morgan fingerprint density at radius 2 is 1.62 bits per heavy atom. The molecule has 2 aromatic rings. The van der Waals surface area contributed by atoms with Gasteiger partial charge in [0.05, 0.1) is 6.04 Å². The molecule has 6 heteroatoms. The molecule has 0 saturated carbocycles. The van der Waals surface area contributed by atoms with E-state index in [0.29, 0.717) is 22.6 Å². The predicted octanol–water partition coefficient (Wildman–Crippen LogP) is 4.70. The molecule has 0 heterocycles. The van der Waals surface area contributed by atoms with Crippen molar-refractivity contribution in [2.45, 2.75) is 13.0 Å². The highest BCUT2D eigenvalue weighted by Gasteiger charge is 2.22. The maximum Gasteiger partial charge on any atom is 0.161 e. The van der Waals surface area contributed by atoms with Crippen LogP contribution in [-0.4, -0.2) is 6.54 Å². The van der Waals surface area contributed by atoms with Crippen molar-refractivity contribution in [1.82, 2.24) is 5.32 Å². The molecule has 0 bridgehead atoms. The molecule has 1 atom stereocenters. The highest BCUT2D eigenvalue weighted by atomic mass is 79.9. The van der Waals surface area contributed by atoms with E-state index >= 15 is 0 Å². The number of halogens is 5. The monoisotopic (exact) mass is 361 g/mol. The van der Waals surface area contributed by atoms with Gasteiger partial charge in [0.2, 0.25) is 0 Å². The lowest BCUT2D eigenvalue weighted by molar-refractivity contribution is 0.480. The first-order valence-electron chi connectivity index (χ1n) is 6.26. The number of hydrogen-bond donors (Lipinski definition) is 1. The second kappa shape index (κ2) is 6.58. The average Bonchev–Trinajstić information content (AvgIpc) is 2.43. The van der Waals surface area contributed by atoms with E-state index in [-0.39, 0.29) is 5.56 Å². The zero-order valence-corrected chi connectivity index (χ0v) is 12.6. The van der Waals surface area contributed by atoms with Crippen LogP contribution in [0.1, 0.15) is 24.1 Å². The van der Waals surface area contributed by atoms with E-state index in [1.165, 1.54) is 18.2 Å². The zero-order chi connectivity index (χ0) is 15.6. The minimum Gasteiger partial charge on any atom is -0.306 e. The number of hydrogen-bond acceptors (Lipinski definition) is 1. The minimum atomic E-state index is -1.26. The summed E-state index contributed by atoms with van der Waals surface area (Å²) in [6, 6.07) is 4.43. The van der Waals surface area contributed by atoms with Crippen molar-refractivity contribution < 1.29 is 17.6 Å². The van der Waals surface area contributed by atoms with E-state index in [1.54, 1.807) is 6.92 Å². The van der Waals surface area contributed by atoms with Gasteiger partial charge < -0.3 is 5.32 Å². The van der Waals surface area contributed by atoms with Gasteiger partial charge >= 0.3 is 0 Å². The molecule has 0 aliphatic heterocycles. The second-order valence-corrected chi connectivity index (χ2v) is 5.30. The third-order valence-corrected chi connectivity index (χ3v) is 3.75. The first-order valence-corrected chi connectivity index (χ1v) is 7.06. The SMILES string of the molecule is CCNC(c1cc(F)c(F)cc1F)c1cc(F)ccc1Br. The molecule has 0 aliphatic carbocycles. The summed E-state index contributed by atoms with van der Waals surface area (Å²) in [4.78, 5) is 0. The van der Waals surface area contributed by atoms with E-state index in [0.717, 1.165) is 6.07 Å².